The Balaban J connectivity index is 1.87. The van der Waals surface area contributed by atoms with Gasteiger partial charge in [-0.05, 0) is 37.5 Å². The van der Waals surface area contributed by atoms with E-state index in [-0.39, 0.29) is 11.4 Å². The number of hydrogen-bond donors (Lipinski definition) is 1. The van der Waals surface area contributed by atoms with Gasteiger partial charge in [-0.1, -0.05) is 48.0 Å². The third-order valence-corrected chi connectivity index (χ3v) is 5.13. The minimum Gasteiger partial charge on any atom is -0.362 e. The number of benzene rings is 2. The Kier molecular flexibility index (Phi) is 6.44. The third kappa shape index (κ3) is 5.42. The molecule has 6 heteroatoms. The van der Waals surface area contributed by atoms with Crippen molar-refractivity contribution >= 4 is 15.7 Å². The molecule has 0 aliphatic rings. The molecule has 2 aromatic rings. The van der Waals surface area contributed by atoms with Gasteiger partial charge in [0, 0.05) is 6.42 Å². The summed E-state index contributed by atoms with van der Waals surface area (Å²) in [5.74, 6) is 0. The van der Waals surface area contributed by atoms with Crippen molar-refractivity contribution in [2.45, 2.75) is 31.1 Å². The van der Waals surface area contributed by atoms with E-state index in [4.69, 9.17) is 5.53 Å². The first kappa shape index (κ1) is 18.1. The molecule has 0 heterocycles. The summed E-state index contributed by atoms with van der Waals surface area (Å²) in [5.41, 5.74) is 11.7. The average molecular weight is 343 g/mol. The molecule has 1 N–H and O–H groups in total. The Hall–Kier alpha value is -2.27. The number of nitrogens with zero attached hydrogens (tertiary/aromatic N) is 2. The van der Waals surface area contributed by atoms with Crippen molar-refractivity contribution in [3.8, 4) is 0 Å². The van der Waals surface area contributed by atoms with E-state index in [2.05, 4.69) is 9.51 Å². The maximum absolute atomic E-state index is 12.2. The summed E-state index contributed by atoms with van der Waals surface area (Å²) in [5, 5.41) is 0. The Labute approximate surface area is 143 Å². The molecule has 0 bridgehead atoms. The largest absolute Gasteiger partial charge is 0.362 e. The predicted molar refractivity (Wildman–Crippen MR) is 94.4 cm³/mol. The Morgan fingerprint density at radius 3 is 2.38 bits per heavy atom. The number of rotatable bonds is 8. The van der Waals surface area contributed by atoms with Crippen LogP contribution in [0, 0.1) is 6.92 Å². The first-order chi connectivity index (χ1) is 11.5. The summed E-state index contributed by atoms with van der Waals surface area (Å²) in [4.78, 5) is 3.42. The molecule has 0 unspecified atom stereocenters. The van der Waals surface area contributed by atoms with Gasteiger partial charge in [0.15, 0.2) is 0 Å². The first-order valence-corrected chi connectivity index (χ1v) is 9.29. The smallest absolute Gasteiger partial charge is 0.283 e. The SMILES string of the molecule is Cc1ccc(S(=O)(=O)NCC(CCCc2ccccc2)=[N+]=[N-])cc1. The quantitative estimate of drug-likeness (QED) is 0.454. The normalized spacial score (nSPS) is 11.0. The lowest BCUT2D eigenvalue weighted by molar-refractivity contribution is -0.0102. The van der Waals surface area contributed by atoms with Crippen LogP contribution >= 0.6 is 0 Å². The van der Waals surface area contributed by atoms with Crippen molar-refractivity contribution in [3.63, 3.8) is 0 Å². The van der Waals surface area contributed by atoms with Gasteiger partial charge < -0.3 is 5.53 Å². The summed E-state index contributed by atoms with van der Waals surface area (Å²) in [6, 6.07) is 16.6. The van der Waals surface area contributed by atoms with Gasteiger partial charge in [0.05, 0.1) is 4.90 Å². The molecule has 0 aromatic heterocycles. The zero-order chi connectivity index (χ0) is 17.4. The lowest BCUT2D eigenvalue weighted by Gasteiger charge is -2.05. The van der Waals surface area contributed by atoms with E-state index in [9.17, 15) is 8.42 Å². The van der Waals surface area contributed by atoms with Crippen LogP contribution in [0.25, 0.3) is 5.53 Å². The summed E-state index contributed by atoms with van der Waals surface area (Å²) in [6.45, 7) is 1.90. The predicted octanol–water partition coefficient (Wildman–Crippen LogP) is 2.97. The summed E-state index contributed by atoms with van der Waals surface area (Å²) >= 11 is 0. The molecular formula is C18H21N3O2S. The maximum Gasteiger partial charge on any atom is 0.283 e. The molecule has 0 spiro atoms. The van der Waals surface area contributed by atoms with Gasteiger partial charge in [0.25, 0.3) is 5.71 Å². The summed E-state index contributed by atoms with van der Waals surface area (Å²) in [6.07, 6.45) is 2.17. The van der Waals surface area contributed by atoms with Crippen LogP contribution in [0.3, 0.4) is 0 Å². The molecule has 24 heavy (non-hydrogen) atoms. The molecule has 5 nitrogen and oxygen atoms in total. The second-order valence-electron chi connectivity index (χ2n) is 5.64. The lowest BCUT2D eigenvalue weighted by Crippen LogP contribution is -2.30. The molecule has 2 aromatic carbocycles. The van der Waals surface area contributed by atoms with Gasteiger partial charge in [-0.2, -0.15) is 9.51 Å². The highest BCUT2D eigenvalue weighted by Gasteiger charge is 2.17. The Bertz CT molecular complexity index is 809. The van der Waals surface area contributed by atoms with Gasteiger partial charge in [-0.25, -0.2) is 8.42 Å². The molecule has 0 fully saturated rings. The fourth-order valence-electron chi connectivity index (χ4n) is 2.29. The molecule has 0 aliphatic carbocycles. The second kappa shape index (κ2) is 8.55. The minimum atomic E-state index is -3.60. The summed E-state index contributed by atoms with van der Waals surface area (Å²) in [7, 11) is -3.60. The van der Waals surface area contributed by atoms with E-state index in [0.29, 0.717) is 12.1 Å². The number of nitrogens with one attached hydrogen (secondary N) is 1. The molecular weight excluding hydrogens is 322 g/mol. The summed E-state index contributed by atoms with van der Waals surface area (Å²) < 4.78 is 26.9. The van der Waals surface area contributed by atoms with E-state index >= 15 is 0 Å². The molecule has 0 amide bonds. The molecule has 126 valence electrons. The topological polar surface area (TPSA) is 82.6 Å². The fourth-order valence-corrected chi connectivity index (χ4v) is 3.31. The number of aryl methyl sites for hydroxylation is 2. The maximum atomic E-state index is 12.2. The van der Waals surface area contributed by atoms with Crippen LogP contribution in [0.15, 0.2) is 59.5 Å². The molecule has 0 aliphatic heterocycles. The van der Waals surface area contributed by atoms with E-state index in [1.54, 1.807) is 24.3 Å². The van der Waals surface area contributed by atoms with E-state index < -0.39 is 10.0 Å². The molecule has 0 atom stereocenters. The first-order valence-electron chi connectivity index (χ1n) is 7.81. The van der Waals surface area contributed by atoms with Crippen molar-refractivity contribution < 1.29 is 13.2 Å². The van der Waals surface area contributed by atoms with Gasteiger partial charge in [-0.3, -0.25) is 0 Å². The zero-order valence-electron chi connectivity index (χ0n) is 13.6. The monoisotopic (exact) mass is 343 g/mol. The Morgan fingerprint density at radius 2 is 1.75 bits per heavy atom. The Morgan fingerprint density at radius 1 is 1.08 bits per heavy atom. The standard InChI is InChI=1S/C18H21N3O2S/c1-15-10-12-18(13-11-15)24(22,23)20-14-17(21-19)9-5-8-16-6-3-2-4-7-16/h2-4,6-7,10-13,20H,5,8-9,14H2,1H3. The molecule has 0 saturated heterocycles. The van der Waals surface area contributed by atoms with E-state index in [1.807, 2.05) is 37.3 Å². The van der Waals surface area contributed by atoms with E-state index in [0.717, 1.165) is 18.4 Å². The molecule has 2 rings (SSSR count). The van der Waals surface area contributed by atoms with Crippen LogP contribution < -0.4 is 4.72 Å². The van der Waals surface area contributed by atoms with Crippen molar-refractivity contribution in [1.82, 2.24) is 4.72 Å². The van der Waals surface area contributed by atoms with Crippen LogP contribution in [-0.4, -0.2) is 25.5 Å². The average Bonchev–Trinajstić information content (AvgIpc) is 2.59. The minimum absolute atomic E-state index is 0.00149. The van der Waals surface area contributed by atoms with Crippen LogP contribution in [-0.2, 0) is 16.4 Å². The van der Waals surface area contributed by atoms with Crippen LogP contribution in [0.2, 0.25) is 0 Å². The number of hydrogen-bond acceptors (Lipinski definition) is 2. The van der Waals surface area contributed by atoms with Gasteiger partial charge in [0.1, 0.15) is 6.54 Å². The highest BCUT2D eigenvalue weighted by atomic mass is 32.2. The molecule has 0 saturated carbocycles. The van der Waals surface area contributed by atoms with Gasteiger partial charge >= 0.3 is 0 Å². The highest BCUT2D eigenvalue weighted by Crippen LogP contribution is 2.10. The van der Waals surface area contributed by atoms with Crippen molar-refractivity contribution in [2.24, 2.45) is 0 Å². The van der Waals surface area contributed by atoms with Crippen LogP contribution in [0.4, 0.5) is 0 Å². The fraction of sp³-hybridized carbons (Fsp3) is 0.278. The van der Waals surface area contributed by atoms with Crippen molar-refractivity contribution in [3.05, 3.63) is 71.3 Å². The molecule has 0 radical (unpaired) electrons. The van der Waals surface area contributed by atoms with Crippen molar-refractivity contribution in [2.75, 3.05) is 6.54 Å². The van der Waals surface area contributed by atoms with E-state index in [1.165, 1.54) is 5.56 Å². The van der Waals surface area contributed by atoms with Crippen LogP contribution in [0.1, 0.15) is 24.0 Å². The van der Waals surface area contributed by atoms with Crippen LogP contribution in [0.5, 0.6) is 0 Å². The second-order valence-corrected chi connectivity index (χ2v) is 7.41. The van der Waals surface area contributed by atoms with Crippen molar-refractivity contribution in [1.29, 1.82) is 0 Å². The van der Waals surface area contributed by atoms with Gasteiger partial charge in [0.2, 0.25) is 10.0 Å². The van der Waals surface area contributed by atoms with Gasteiger partial charge in [-0.15, -0.1) is 0 Å². The lowest BCUT2D eigenvalue weighted by atomic mass is 10.1. The third-order valence-electron chi connectivity index (χ3n) is 3.71. The zero-order valence-corrected chi connectivity index (χ0v) is 14.5. The highest BCUT2D eigenvalue weighted by molar-refractivity contribution is 7.89. The number of sulfonamides is 1.